The molecular weight excluding hydrogens is 220 g/mol. The van der Waals surface area contributed by atoms with Crippen molar-refractivity contribution in [2.24, 2.45) is 0 Å². The molecule has 0 amide bonds. The van der Waals surface area contributed by atoms with Gasteiger partial charge in [0.1, 0.15) is 5.76 Å². The van der Waals surface area contributed by atoms with Crippen LogP contribution in [0, 0.1) is 6.92 Å². The monoisotopic (exact) mass is 234 g/mol. The quantitative estimate of drug-likeness (QED) is 0.374. The summed E-state index contributed by atoms with van der Waals surface area (Å²) in [6, 6.07) is 6.93. The molecule has 0 aliphatic heterocycles. The summed E-state index contributed by atoms with van der Waals surface area (Å²) in [7, 11) is 0. The number of aryl methyl sites for hydroxylation is 1. The maximum Gasteiger partial charge on any atom is 0.379 e. The van der Waals surface area contributed by atoms with Crippen LogP contribution in [0.4, 0.5) is 0 Å². The van der Waals surface area contributed by atoms with E-state index >= 15 is 0 Å². The van der Waals surface area contributed by atoms with E-state index in [-0.39, 0.29) is 12.4 Å². The van der Waals surface area contributed by atoms with Crippen molar-refractivity contribution in [1.29, 1.82) is 0 Å². The lowest BCUT2D eigenvalue weighted by molar-refractivity contribution is -0.151. The topological polar surface area (TPSA) is 63.6 Å². The molecule has 0 bridgehead atoms. The minimum absolute atomic E-state index is 0.129. The lowest BCUT2D eigenvalue weighted by Gasteiger charge is -2.01. The van der Waals surface area contributed by atoms with Crippen molar-refractivity contribution in [2.75, 3.05) is 6.61 Å². The van der Waals surface area contributed by atoms with E-state index in [0.717, 1.165) is 11.6 Å². The number of benzene rings is 1. The van der Waals surface area contributed by atoms with Crippen LogP contribution in [-0.2, 0) is 14.3 Å². The van der Waals surface area contributed by atoms with Crippen molar-refractivity contribution in [3.63, 3.8) is 0 Å². The summed E-state index contributed by atoms with van der Waals surface area (Å²) in [5, 5.41) is 9.63. The van der Waals surface area contributed by atoms with Gasteiger partial charge in [-0.25, -0.2) is 4.79 Å². The number of esters is 1. The van der Waals surface area contributed by atoms with E-state index in [1.54, 1.807) is 31.2 Å². The van der Waals surface area contributed by atoms with Crippen molar-refractivity contribution in [1.82, 2.24) is 0 Å². The zero-order valence-corrected chi connectivity index (χ0v) is 9.77. The fraction of sp³-hybridized carbons (Fsp3) is 0.231. The van der Waals surface area contributed by atoms with Crippen molar-refractivity contribution < 1.29 is 19.4 Å². The molecule has 0 aliphatic rings. The van der Waals surface area contributed by atoms with Crippen LogP contribution in [-0.4, -0.2) is 23.5 Å². The van der Waals surface area contributed by atoms with Gasteiger partial charge in [-0.05, 0) is 13.8 Å². The highest BCUT2D eigenvalue weighted by Gasteiger charge is 2.13. The number of aliphatic hydroxyl groups is 1. The van der Waals surface area contributed by atoms with Gasteiger partial charge in [-0.3, -0.25) is 4.79 Å². The number of ether oxygens (including phenoxy) is 1. The first-order valence-corrected chi connectivity index (χ1v) is 5.23. The van der Waals surface area contributed by atoms with Gasteiger partial charge in [0, 0.05) is 11.6 Å². The van der Waals surface area contributed by atoms with E-state index in [9.17, 15) is 14.7 Å². The summed E-state index contributed by atoms with van der Waals surface area (Å²) in [6.45, 7) is 3.65. The molecule has 4 heteroatoms. The van der Waals surface area contributed by atoms with E-state index < -0.39 is 11.8 Å². The highest BCUT2D eigenvalue weighted by atomic mass is 16.5. The average molecular weight is 234 g/mol. The zero-order chi connectivity index (χ0) is 12.8. The third-order valence-electron chi connectivity index (χ3n) is 2.09. The molecule has 1 aromatic rings. The van der Waals surface area contributed by atoms with Crippen LogP contribution in [0.5, 0.6) is 0 Å². The normalized spacial score (nSPS) is 11.1. The van der Waals surface area contributed by atoms with Crippen LogP contribution in [0.1, 0.15) is 18.1 Å². The predicted octanol–water partition coefficient (Wildman–Crippen LogP) is 2.03. The first-order valence-electron chi connectivity index (χ1n) is 5.23. The van der Waals surface area contributed by atoms with E-state index in [0.29, 0.717) is 5.56 Å². The van der Waals surface area contributed by atoms with Crippen LogP contribution in [0.3, 0.4) is 0 Å². The fourth-order valence-corrected chi connectivity index (χ4v) is 1.19. The molecule has 1 aromatic carbocycles. The molecule has 1 rings (SSSR count). The Kier molecular flexibility index (Phi) is 4.46. The Morgan fingerprint density at radius 1 is 1.29 bits per heavy atom. The Labute approximate surface area is 99.5 Å². The summed E-state index contributed by atoms with van der Waals surface area (Å²) in [6.07, 6.45) is 0.864. The Morgan fingerprint density at radius 2 is 1.88 bits per heavy atom. The Bertz CT molecular complexity index is 443. The summed E-state index contributed by atoms with van der Waals surface area (Å²) in [5.41, 5.74) is 1.52. The number of aliphatic hydroxyl groups excluding tert-OH is 1. The van der Waals surface area contributed by atoms with Crippen LogP contribution < -0.4 is 0 Å². The summed E-state index contributed by atoms with van der Waals surface area (Å²) < 4.78 is 4.52. The first-order chi connectivity index (χ1) is 8.04. The largest absolute Gasteiger partial charge is 0.507 e. The van der Waals surface area contributed by atoms with Gasteiger partial charge in [-0.15, -0.1) is 0 Å². The molecular formula is C13H14O4. The number of hydrogen-bond donors (Lipinski definition) is 1. The van der Waals surface area contributed by atoms with Crippen LogP contribution >= 0.6 is 0 Å². The highest BCUT2D eigenvalue weighted by Crippen LogP contribution is 2.12. The van der Waals surface area contributed by atoms with Crippen LogP contribution in [0.2, 0.25) is 0 Å². The summed E-state index contributed by atoms with van der Waals surface area (Å²) in [4.78, 5) is 22.3. The molecule has 1 N–H and O–H groups in total. The third-order valence-corrected chi connectivity index (χ3v) is 2.09. The van der Waals surface area contributed by atoms with Gasteiger partial charge in [0.25, 0.3) is 5.78 Å². The molecule has 0 saturated carbocycles. The fourth-order valence-electron chi connectivity index (χ4n) is 1.19. The molecule has 17 heavy (non-hydrogen) atoms. The molecule has 0 heterocycles. The second-order valence-corrected chi connectivity index (χ2v) is 3.48. The minimum Gasteiger partial charge on any atom is -0.507 e. The number of hydrogen-bond acceptors (Lipinski definition) is 4. The summed E-state index contributed by atoms with van der Waals surface area (Å²) in [5.74, 6) is -2.08. The van der Waals surface area contributed by atoms with Gasteiger partial charge in [-0.1, -0.05) is 29.8 Å². The van der Waals surface area contributed by atoms with E-state index in [2.05, 4.69) is 4.74 Å². The van der Waals surface area contributed by atoms with Gasteiger partial charge >= 0.3 is 5.97 Å². The minimum atomic E-state index is -0.967. The molecule has 0 fully saturated rings. The highest BCUT2D eigenvalue weighted by molar-refractivity contribution is 6.39. The van der Waals surface area contributed by atoms with Crippen LogP contribution in [0.15, 0.2) is 30.3 Å². The molecule has 4 nitrogen and oxygen atoms in total. The second-order valence-electron chi connectivity index (χ2n) is 3.48. The number of ketones is 1. The number of rotatable bonds is 4. The van der Waals surface area contributed by atoms with Crippen molar-refractivity contribution in [3.05, 3.63) is 41.5 Å². The van der Waals surface area contributed by atoms with Gasteiger partial charge in [-0.2, -0.15) is 0 Å². The third kappa shape index (κ3) is 3.75. The molecule has 0 radical (unpaired) electrons. The van der Waals surface area contributed by atoms with E-state index in [4.69, 9.17) is 0 Å². The number of carbonyl (C=O) groups is 2. The average Bonchev–Trinajstić information content (AvgIpc) is 2.30. The molecule has 0 spiro atoms. The van der Waals surface area contributed by atoms with Gasteiger partial charge in [0.15, 0.2) is 0 Å². The van der Waals surface area contributed by atoms with Crippen molar-refractivity contribution >= 4 is 17.5 Å². The van der Waals surface area contributed by atoms with Gasteiger partial charge in [0.05, 0.1) is 6.61 Å². The zero-order valence-electron chi connectivity index (χ0n) is 9.77. The maximum atomic E-state index is 11.3. The molecule has 0 atom stereocenters. The molecule has 90 valence electrons. The van der Waals surface area contributed by atoms with Crippen molar-refractivity contribution in [2.45, 2.75) is 13.8 Å². The molecule has 0 aromatic heterocycles. The Balaban J connectivity index is 2.82. The van der Waals surface area contributed by atoms with Crippen molar-refractivity contribution in [3.8, 4) is 0 Å². The predicted molar refractivity (Wildman–Crippen MR) is 63.4 cm³/mol. The molecule has 0 saturated heterocycles. The van der Waals surface area contributed by atoms with Gasteiger partial charge in [0.2, 0.25) is 0 Å². The second kappa shape index (κ2) is 5.84. The number of carbonyl (C=O) groups excluding carboxylic acids is 2. The Hall–Kier alpha value is -2.10. The van der Waals surface area contributed by atoms with Gasteiger partial charge < -0.3 is 9.84 Å². The standard InChI is InChI=1S/C13H14O4/c1-3-17-13(16)12(15)8-11(14)10-6-4-9(2)5-7-10/h4-8,14H,3H2,1-2H3/b11-8-. The lowest BCUT2D eigenvalue weighted by Crippen LogP contribution is -2.15. The van der Waals surface area contributed by atoms with E-state index in [1.807, 2.05) is 6.92 Å². The summed E-state index contributed by atoms with van der Waals surface area (Å²) >= 11 is 0. The Morgan fingerprint density at radius 3 is 2.41 bits per heavy atom. The first kappa shape index (κ1) is 13.0. The van der Waals surface area contributed by atoms with Crippen LogP contribution in [0.25, 0.3) is 5.76 Å². The maximum absolute atomic E-state index is 11.3. The SMILES string of the molecule is CCOC(=O)C(=O)/C=C(\O)c1ccc(C)cc1. The van der Waals surface area contributed by atoms with E-state index in [1.165, 1.54) is 0 Å². The molecule has 0 aliphatic carbocycles. The smallest absolute Gasteiger partial charge is 0.379 e. The molecule has 0 unspecified atom stereocenters. The lowest BCUT2D eigenvalue weighted by atomic mass is 10.1.